The summed E-state index contributed by atoms with van der Waals surface area (Å²) in [6.45, 7) is 0.530. The van der Waals surface area contributed by atoms with Crippen LogP contribution in [0.3, 0.4) is 0 Å². The fraction of sp³-hybridized carbons (Fsp3) is 0.571. The molecule has 8 heteroatoms. The summed E-state index contributed by atoms with van der Waals surface area (Å²) in [5.41, 5.74) is 4.40. The number of hydrogen-bond acceptors (Lipinski definition) is 3. The summed E-state index contributed by atoms with van der Waals surface area (Å²) in [6, 6.07) is 0. The lowest BCUT2D eigenvalue weighted by atomic mass is 10.2. The van der Waals surface area contributed by atoms with Crippen LogP contribution in [0.15, 0.2) is 0 Å². The number of carbonyl (C=O) groups is 1. The van der Waals surface area contributed by atoms with Gasteiger partial charge in [0.05, 0.1) is 0 Å². The molecule has 0 saturated carbocycles. The molecule has 0 heterocycles. The van der Waals surface area contributed by atoms with Crippen LogP contribution in [-0.4, -0.2) is 38.2 Å². The van der Waals surface area contributed by atoms with E-state index in [9.17, 15) is 4.79 Å². The highest BCUT2D eigenvalue weighted by Crippen LogP contribution is 1.92. The topological polar surface area (TPSA) is 116 Å². The van der Waals surface area contributed by atoms with Crippen molar-refractivity contribution in [2.24, 2.45) is 5.73 Å². The van der Waals surface area contributed by atoms with Crippen molar-refractivity contribution in [1.82, 2.24) is 5.32 Å². The molecule has 0 spiro atoms. The van der Waals surface area contributed by atoms with Crippen molar-refractivity contribution in [1.29, 1.82) is 0 Å². The van der Waals surface area contributed by atoms with E-state index in [2.05, 4.69) is 35.5 Å². The zero-order chi connectivity index (χ0) is 12.3. The number of carboxylic acid groups (broad SMARTS) is 1. The second kappa shape index (κ2) is 10.9. The van der Waals surface area contributed by atoms with Crippen molar-refractivity contribution in [2.75, 3.05) is 6.54 Å². The fourth-order valence-corrected chi connectivity index (χ4v) is 0.699. The van der Waals surface area contributed by atoms with Crippen LogP contribution in [0.25, 0.3) is 0 Å². The zero-order valence-corrected chi connectivity index (χ0v) is 9.61. The highest BCUT2D eigenvalue weighted by atomic mass is 32.1. The number of nitrogens with one attached hydrogen (secondary N) is 1. The molecule has 0 atom stereocenters. The summed E-state index contributed by atoms with van der Waals surface area (Å²) >= 11 is 8.20. The molecule has 0 aromatic heterocycles. The van der Waals surface area contributed by atoms with Gasteiger partial charge in [-0.1, -0.05) is 0 Å². The Morgan fingerprint density at radius 3 is 2.00 bits per heavy atom. The van der Waals surface area contributed by atoms with E-state index in [0.717, 1.165) is 0 Å². The summed E-state index contributed by atoms with van der Waals surface area (Å²) in [5.74, 6) is -0.795. The normalized spacial score (nSPS) is 8.27. The molecule has 0 aliphatic heterocycles. The summed E-state index contributed by atoms with van der Waals surface area (Å²) in [7, 11) is 0. The van der Waals surface area contributed by atoms with Crippen LogP contribution in [0.1, 0.15) is 19.3 Å². The van der Waals surface area contributed by atoms with Crippen LogP contribution in [0.2, 0.25) is 0 Å². The molecule has 15 heavy (non-hydrogen) atoms. The van der Waals surface area contributed by atoms with Gasteiger partial charge in [0, 0.05) is 13.0 Å². The lowest BCUT2D eigenvalue weighted by Gasteiger charge is -1.99. The third-order valence-electron chi connectivity index (χ3n) is 1.09. The number of aliphatic carboxylic acids is 1. The van der Waals surface area contributed by atoms with E-state index in [1.165, 1.54) is 0 Å². The molecule has 0 aromatic carbocycles. The Morgan fingerprint density at radius 2 is 1.67 bits per heavy atom. The predicted octanol–water partition coefficient (Wildman–Crippen LogP) is 0.462. The number of rotatable bonds is 5. The SMILES string of the molecule is NC(O)=S.O=C(O)CCCCNC(O)=S. The average molecular weight is 254 g/mol. The molecule has 0 aromatic rings. The molecule has 0 amide bonds. The minimum Gasteiger partial charge on any atom is -0.487 e. The molecule has 6 N–H and O–H groups in total. The summed E-state index contributed by atoms with van der Waals surface area (Å²) in [5, 5.41) is 26.0. The van der Waals surface area contributed by atoms with Gasteiger partial charge in [-0.15, -0.1) is 0 Å². The number of aliphatic hydroxyl groups is 2. The molecular weight excluding hydrogens is 240 g/mol. The van der Waals surface area contributed by atoms with E-state index in [0.29, 0.717) is 19.4 Å². The van der Waals surface area contributed by atoms with Gasteiger partial charge in [-0.05, 0) is 37.3 Å². The number of nitrogens with two attached hydrogens (primary N) is 1. The first-order valence-corrected chi connectivity index (χ1v) is 4.85. The van der Waals surface area contributed by atoms with E-state index in [1.807, 2.05) is 0 Å². The van der Waals surface area contributed by atoms with Gasteiger partial charge in [0.1, 0.15) is 0 Å². The maximum atomic E-state index is 10.0. The zero-order valence-electron chi connectivity index (χ0n) is 7.97. The third kappa shape index (κ3) is 32.2. The van der Waals surface area contributed by atoms with Gasteiger partial charge >= 0.3 is 5.97 Å². The molecule has 0 saturated heterocycles. The van der Waals surface area contributed by atoms with Gasteiger partial charge in [-0.2, -0.15) is 0 Å². The standard InChI is InChI=1S/C6H11NO3S.CH3NOS/c8-5(9)3-1-2-4-7-6(10)11;2-1(3)4/h1-4H2,(H,8,9)(H2,7,10,11);(H3,2,3,4). The number of thiocarbonyl (C=S) groups is 2. The van der Waals surface area contributed by atoms with Crippen LogP contribution in [-0.2, 0) is 4.79 Å². The Morgan fingerprint density at radius 1 is 1.20 bits per heavy atom. The van der Waals surface area contributed by atoms with Gasteiger partial charge < -0.3 is 26.4 Å². The number of hydrogen-bond donors (Lipinski definition) is 5. The first-order chi connectivity index (χ1) is 6.86. The lowest BCUT2D eigenvalue weighted by molar-refractivity contribution is -0.137. The first-order valence-electron chi connectivity index (χ1n) is 4.03. The van der Waals surface area contributed by atoms with Crippen LogP contribution in [0.4, 0.5) is 0 Å². The molecule has 0 fully saturated rings. The van der Waals surface area contributed by atoms with Crippen molar-refractivity contribution in [3.05, 3.63) is 0 Å². The molecule has 0 aliphatic carbocycles. The van der Waals surface area contributed by atoms with Crippen LogP contribution >= 0.6 is 24.4 Å². The van der Waals surface area contributed by atoms with E-state index in [1.54, 1.807) is 0 Å². The molecule has 0 rings (SSSR count). The van der Waals surface area contributed by atoms with Crippen molar-refractivity contribution < 1.29 is 20.1 Å². The quantitative estimate of drug-likeness (QED) is 0.355. The molecular formula is C7H14N2O4S2. The molecule has 0 aliphatic rings. The van der Waals surface area contributed by atoms with Gasteiger partial charge in [-0.25, -0.2) is 0 Å². The van der Waals surface area contributed by atoms with Gasteiger partial charge in [0.15, 0.2) is 0 Å². The summed E-state index contributed by atoms with van der Waals surface area (Å²) < 4.78 is 0. The van der Waals surface area contributed by atoms with Crippen molar-refractivity contribution in [2.45, 2.75) is 19.3 Å². The number of carboxylic acids is 1. The van der Waals surface area contributed by atoms with E-state index < -0.39 is 11.1 Å². The van der Waals surface area contributed by atoms with Crippen molar-refractivity contribution >= 4 is 40.8 Å². The number of aliphatic hydroxyl groups excluding tert-OH is 2. The Bertz CT molecular complexity index is 203. The largest absolute Gasteiger partial charge is 0.487 e. The van der Waals surface area contributed by atoms with Crippen molar-refractivity contribution in [3.63, 3.8) is 0 Å². The minimum atomic E-state index is -0.795. The second-order valence-electron chi connectivity index (χ2n) is 2.42. The lowest BCUT2D eigenvalue weighted by Crippen LogP contribution is -2.21. The fourth-order valence-electron chi connectivity index (χ4n) is 0.597. The maximum Gasteiger partial charge on any atom is 0.303 e. The average Bonchev–Trinajstić information content (AvgIpc) is 2.01. The number of unbranched alkanes of at least 4 members (excludes halogenated alkanes) is 1. The first kappa shape index (κ1) is 16.3. The molecule has 0 radical (unpaired) electrons. The second-order valence-corrected chi connectivity index (χ2v) is 3.23. The Labute approximate surface area is 98.1 Å². The third-order valence-corrected chi connectivity index (χ3v) is 1.24. The Balaban J connectivity index is 0. The van der Waals surface area contributed by atoms with Crippen LogP contribution < -0.4 is 11.1 Å². The Kier molecular flexibility index (Phi) is 11.9. The minimum absolute atomic E-state index is 0.167. The van der Waals surface area contributed by atoms with Crippen LogP contribution in [0.5, 0.6) is 0 Å². The summed E-state index contributed by atoms with van der Waals surface area (Å²) in [6.07, 6.45) is 1.47. The molecule has 88 valence electrons. The molecule has 0 unspecified atom stereocenters. The highest BCUT2D eigenvalue weighted by Gasteiger charge is 1.95. The summed E-state index contributed by atoms with van der Waals surface area (Å²) in [4.78, 5) is 10.0. The van der Waals surface area contributed by atoms with E-state index in [-0.39, 0.29) is 11.6 Å². The Hall–Kier alpha value is -1.15. The van der Waals surface area contributed by atoms with Gasteiger partial charge in [-0.3, -0.25) is 4.79 Å². The van der Waals surface area contributed by atoms with Crippen molar-refractivity contribution in [3.8, 4) is 0 Å². The monoisotopic (exact) mass is 254 g/mol. The van der Waals surface area contributed by atoms with Crippen LogP contribution in [0, 0.1) is 0 Å². The van der Waals surface area contributed by atoms with Gasteiger partial charge in [0.2, 0.25) is 0 Å². The molecule has 6 nitrogen and oxygen atoms in total. The van der Waals surface area contributed by atoms with E-state index in [4.69, 9.17) is 15.3 Å². The smallest absolute Gasteiger partial charge is 0.303 e. The molecule has 0 bridgehead atoms. The highest BCUT2D eigenvalue weighted by molar-refractivity contribution is 7.80. The van der Waals surface area contributed by atoms with Gasteiger partial charge in [0.25, 0.3) is 10.3 Å². The predicted molar refractivity (Wildman–Crippen MR) is 64.1 cm³/mol. The van der Waals surface area contributed by atoms with E-state index >= 15 is 0 Å². The maximum absolute atomic E-state index is 10.0.